The molecule has 1 saturated heterocycles. The van der Waals surface area contributed by atoms with Gasteiger partial charge in [-0.05, 0) is 49.4 Å². The number of ether oxygens (including phenoxy) is 2. The van der Waals surface area contributed by atoms with E-state index in [1.807, 2.05) is 27.7 Å². The molecular weight excluding hydrogens is 396 g/mol. The minimum Gasteiger partial charge on any atom is -0.484 e. The number of carbonyl (C=O) groups is 3. The van der Waals surface area contributed by atoms with Crippen molar-refractivity contribution in [1.29, 1.82) is 0 Å². The van der Waals surface area contributed by atoms with E-state index in [4.69, 9.17) is 21.1 Å². The van der Waals surface area contributed by atoms with Crippen LogP contribution in [0.4, 0.5) is 0 Å². The molecule has 1 aliphatic heterocycles. The Bertz CT molecular complexity index is 742. The molecule has 1 aromatic carbocycles. The highest BCUT2D eigenvalue weighted by atomic mass is 35.5. The first-order valence-electron chi connectivity index (χ1n) is 9.81. The number of piperazine rings is 1. The average Bonchev–Trinajstić information content (AvgIpc) is 2.65. The molecule has 2 rings (SSSR count). The molecule has 7 nitrogen and oxygen atoms in total. The third-order valence-electron chi connectivity index (χ3n) is 4.74. The summed E-state index contributed by atoms with van der Waals surface area (Å²) < 4.78 is 10.8. The van der Waals surface area contributed by atoms with Crippen LogP contribution in [-0.2, 0) is 19.1 Å². The van der Waals surface area contributed by atoms with Crippen LogP contribution in [0.25, 0.3) is 0 Å². The van der Waals surface area contributed by atoms with Crippen molar-refractivity contribution in [3.8, 4) is 5.75 Å². The van der Waals surface area contributed by atoms with Gasteiger partial charge in [0.2, 0.25) is 5.91 Å². The normalized spacial score (nSPS) is 16.6. The lowest BCUT2D eigenvalue weighted by Gasteiger charge is -2.34. The number of rotatable bonds is 8. The highest BCUT2D eigenvalue weighted by molar-refractivity contribution is 6.32. The van der Waals surface area contributed by atoms with Gasteiger partial charge >= 0.3 is 5.97 Å². The average molecular weight is 425 g/mol. The van der Waals surface area contributed by atoms with Crippen LogP contribution < -0.4 is 10.1 Å². The maximum absolute atomic E-state index is 12.7. The van der Waals surface area contributed by atoms with Gasteiger partial charge in [-0.1, -0.05) is 25.4 Å². The Kier molecular flexibility index (Phi) is 8.32. The van der Waals surface area contributed by atoms with Crippen LogP contribution in [-0.4, -0.2) is 55.0 Å². The maximum atomic E-state index is 12.7. The Morgan fingerprint density at radius 1 is 1.28 bits per heavy atom. The smallest absolute Gasteiger partial charge is 0.308 e. The Balaban J connectivity index is 1.97. The molecule has 1 aliphatic rings. The summed E-state index contributed by atoms with van der Waals surface area (Å²) in [5.41, 5.74) is 1.71. The van der Waals surface area contributed by atoms with Crippen molar-refractivity contribution >= 4 is 29.4 Å². The lowest BCUT2D eigenvalue weighted by Crippen LogP contribution is -2.58. The zero-order chi connectivity index (χ0) is 21.6. The standard InChI is InChI=1S/C21H29ClN2O5/c1-13(2)5-8-28-19(26)11-17-21(27)23-6-7-24(17)18(25)12-29-16-9-14(3)20(22)15(4)10-16/h9-10,13,17H,5-8,11-12H2,1-4H3,(H,23,27). The van der Waals surface area contributed by atoms with Crippen molar-refractivity contribution in [3.63, 3.8) is 0 Å². The molecule has 8 heteroatoms. The number of hydrogen-bond donors (Lipinski definition) is 1. The molecule has 1 aromatic rings. The third-order valence-corrected chi connectivity index (χ3v) is 5.34. The van der Waals surface area contributed by atoms with E-state index in [1.54, 1.807) is 12.1 Å². The van der Waals surface area contributed by atoms with Crippen LogP contribution in [0, 0.1) is 19.8 Å². The monoisotopic (exact) mass is 424 g/mol. The fraction of sp³-hybridized carbons (Fsp3) is 0.571. The molecule has 1 fully saturated rings. The van der Waals surface area contributed by atoms with Crippen molar-refractivity contribution in [1.82, 2.24) is 10.2 Å². The Morgan fingerprint density at radius 2 is 1.93 bits per heavy atom. The van der Waals surface area contributed by atoms with E-state index in [1.165, 1.54) is 4.90 Å². The molecule has 1 N–H and O–H groups in total. The van der Waals surface area contributed by atoms with E-state index in [2.05, 4.69) is 5.32 Å². The number of esters is 1. The summed E-state index contributed by atoms with van der Waals surface area (Å²) >= 11 is 6.15. The van der Waals surface area contributed by atoms with Crippen LogP contribution in [0.2, 0.25) is 5.02 Å². The van der Waals surface area contributed by atoms with Gasteiger partial charge in [0.1, 0.15) is 11.8 Å². The SMILES string of the molecule is Cc1cc(OCC(=O)N2CCNC(=O)C2CC(=O)OCCC(C)C)cc(C)c1Cl. The van der Waals surface area contributed by atoms with E-state index in [9.17, 15) is 14.4 Å². The summed E-state index contributed by atoms with van der Waals surface area (Å²) in [5.74, 6) is -0.260. The second-order valence-corrected chi connectivity index (χ2v) is 8.04. The van der Waals surface area contributed by atoms with Crippen molar-refractivity contribution in [2.24, 2.45) is 5.92 Å². The van der Waals surface area contributed by atoms with Crippen LogP contribution in [0.1, 0.15) is 37.8 Å². The minimum absolute atomic E-state index is 0.172. The fourth-order valence-corrected chi connectivity index (χ4v) is 3.17. The largest absolute Gasteiger partial charge is 0.484 e. The number of aryl methyl sites for hydroxylation is 2. The van der Waals surface area contributed by atoms with Crippen molar-refractivity contribution < 1.29 is 23.9 Å². The lowest BCUT2D eigenvalue weighted by molar-refractivity contribution is -0.152. The molecular formula is C21H29ClN2O5. The van der Waals surface area contributed by atoms with E-state index in [-0.39, 0.29) is 24.8 Å². The molecule has 0 radical (unpaired) electrons. The second kappa shape index (κ2) is 10.5. The Morgan fingerprint density at radius 3 is 2.55 bits per heavy atom. The van der Waals surface area contributed by atoms with Crippen molar-refractivity contribution in [3.05, 3.63) is 28.3 Å². The molecule has 0 aliphatic carbocycles. The molecule has 1 atom stereocenters. The van der Waals surface area contributed by atoms with Crippen molar-refractivity contribution in [2.75, 3.05) is 26.3 Å². The van der Waals surface area contributed by atoms with Gasteiger partial charge < -0.3 is 19.7 Å². The topological polar surface area (TPSA) is 84.9 Å². The molecule has 0 aromatic heterocycles. The summed E-state index contributed by atoms with van der Waals surface area (Å²) in [6.07, 6.45) is 0.577. The molecule has 0 saturated carbocycles. The van der Waals surface area contributed by atoms with E-state index in [0.717, 1.165) is 17.5 Å². The van der Waals surface area contributed by atoms with Crippen LogP contribution in [0.5, 0.6) is 5.75 Å². The van der Waals surface area contributed by atoms with Crippen molar-refractivity contribution in [2.45, 2.75) is 46.6 Å². The first kappa shape index (κ1) is 23.0. The van der Waals surface area contributed by atoms with E-state index in [0.29, 0.717) is 36.4 Å². The number of benzene rings is 1. The number of nitrogens with one attached hydrogen (secondary N) is 1. The molecule has 29 heavy (non-hydrogen) atoms. The molecule has 160 valence electrons. The first-order chi connectivity index (χ1) is 13.7. The van der Waals surface area contributed by atoms with E-state index < -0.39 is 12.0 Å². The zero-order valence-electron chi connectivity index (χ0n) is 17.4. The van der Waals surface area contributed by atoms with E-state index >= 15 is 0 Å². The van der Waals surface area contributed by atoms with Gasteiger partial charge in [-0.3, -0.25) is 14.4 Å². The quantitative estimate of drug-likeness (QED) is 0.648. The predicted octanol–water partition coefficient (Wildman–Crippen LogP) is 2.64. The van der Waals surface area contributed by atoms with Gasteiger partial charge in [0.15, 0.2) is 6.61 Å². The maximum Gasteiger partial charge on any atom is 0.308 e. The summed E-state index contributed by atoms with van der Waals surface area (Å²) in [5, 5.41) is 3.36. The molecule has 1 unspecified atom stereocenters. The van der Waals surface area contributed by atoms with Gasteiger partial charge in [-0.25, -0.2) is 0 Å². The zero-order valence-corrected chi connectivity index (χ0v) is 18.2. The van der Waals surface area contributed by atoms with Gasteiger partial charge in [-0.15, -0.1) is 0 Å². The summed E-state index contributed by atoms with van der Waals surface area (Å²) in [6, 6.07) is 2.63. The van der Waals surface area contributed by atoms with Gasteiger partial charge in [-0.2, -0.15) is 0 Å². The number of carbonyl (C=O) groups excluding carboxylic acids is 3. The lowest BCUT2D eigenvalue weighted by atomic mass is 10.1. The molecule has 0 spiro atoms. The van der Waals surface area contributed by atoms with Crippen LogP contribution in [0.15, 0.2) is 12.1 Å². The number of hydrogen-bond acceptors (Lipinski definition) is 5. The number of amides is 2. The van der Waals surface area contributed by atoms with Gasteiger partial charge in [0.05, 0.1) is 13.0 Å². The Hall–Kier alpha value is -2.28. The molecule has 2 amide bonds. The fourth-order valence-electron chi connectivity index (χ4n) is 3.06. The first-order valence-corrected chi connectivity index (χ1v) is 10.2. The predicted molar refractivity (Wildman–Crippen MR) is 110 cm³/mol. The minimum atomic E-state index is -0.889. The summed E-state index contributed by atoms with van der Waals surface area (Å²) in [4.78, 5) is 38.4. The highest BCUT2D eigenvalue weighted by Gasteiger charge is 2.35. The molecule has 0 bridgehead atoms. The summed E-state index contributed by atoms with van der Waals surface area (Å²) in [6.45, 7) is 8.52. The summed E-state index contributed by atoms with van der Waals surface area (Å²) in [7, 11) is 0. The van der Waals surface area contributed by atoms with Gasteiger partial charge in [0.25, 0.3) is 5.91 Å². The molecule has 1 heterocycles. The third kappa shape index (κ3) is 6.63. The highest BCUT2D eigenvalue weighted by Crippen LogP contribution is 2.26. The van der Waals surface area contributed by atoms with Gasteiger partial charge in [0, 0.05) is 18.1 Å². The number of halogens is 1. The second-order valence-electron chi connectivity index (χ2n) is 7.66. The van der Waals surface area contributed by atoms with Crippen LogP contribution in [0.3, 0.4) is 0 Å². The Labute approximate surface area is 176 Å². The number of nitrogens with zero attached hydrogens (tertiary/aromatic N) is 1. The van der Waals surface area contributed by atoms with Crippen LogP contribution >= 0.6 is 11.6 Å².